The average Bonchev–Trinajstić information content (AvgIpc) is 2.99. The van der Waals surface area contributed by atoms with Crippen molar-refractivity contribution in [3.05, 3.63) is 29.8 Å². The molecule has 3 N–H and O–H groups in total. The van der Waals surface area contributed by atoms with E-state index in [4.69, 9.17) is 10.5 Å². The number of nitrogens with zero attached hydrogens (tertiary/aromatic N) is 2. The van der Waals surface area contributed by atoms with E-state index in [0.29, 0.717) is 31.7 Å². The first-order chi connectivity index (χ1) is 12.0. The van der Waals surface area contributed by atoms with Crippen LogP contribution in [0.4, 0.5) is 10.5 Å². The Labute approximate surface area is 150 Å². The Bertz CT molecular complexity index is 584. The summed E-state index contributed by atoms with van der Waals surface area (Å²) in [6.45, 7) is 8.18. The summed E-state index contributed by atoms with van der Waals surface area (Å²) >= 11 is 0. The highest BCUT2D eigenvalue weighted by Gasteiger charge is 2.23. The average molecular weight is 346 g/mol. The number of hydrogen-bond acceptors (Lipinski definition) is 3. The number of aliphatic imine (C=N–C) groups is 1. The van der Waals surface area contributed by atoms with Gasteiger partial charge in [-0.15, -0.1) is 0 Å². The van der Waals surface area contributed by atoms with Crippen molar-refractivity contribution in [3.63, 3.8) is 0 Å². The third-order valence-corrected chi connectivity index (χ3v) is 4.25. The van der Waals surface area contributed by atoms with Crippen LogP contribution in [0.25, 0.3) is 0 Å². The van der Waals surface area contributed by atoms with Crippen molar-refractivity contribution in [3.8, 4) is 0 Å². The number of carbonyl (C=O) groups is 1. The van der Waals surface area contributed by atoms with Gasteiger partial charge in [-0.3, -0.25) is 4.90 Å². The number of carbonyl (C=O) groups excluding carboxylic acids is 1. The minimum atomic E-state index is -0.286. The van der Waals surface area contributed by atoms with Crippen LogP contribution >= 0.6 is 0 Å². The van der Waals surface area contributed by atoms with Crippen LogP contribution in [0.5, 0.6) is 0 Å². The molecule has 1 aliphatic rings. The van der Waals surface area contributed by atoms with Gasteiger partial charge in [-0.05, 0) is 37.0 Å². The molecule has 6 heteroatoms. The van der Waals surface area contributed by atoms with E-state index in [1.807, 2.05) is 24.3 Å². The van der Waals surface area contributed by atoms with Gasteiger partial charge in [0.2, 0.25) is 0 Å². The van der Waals surface area contributed by atoms with Gasteiger partial charge in [0.05, 0.1) is 13.1 Å². The van der Waals surface area contributed by atoms with Gasteiger partial charge >= 0.3 is 6.09 Å². The number of guanidine groups is 1. The quantitative estimate of drug-likeness (QED) is 0.559. The van der Waals surface area contributed by atoms with E-state index in [2.05, 4.69) is 31.1 Å². The zero-order chi connectivity index (χ0) is 18.2. The van der Waals surface area contributed by atoms with Crippen LogP contribution in [-0.2, 0) is 11.3 Å². The standard InChI is InChI=1S/C19H30N4O2/c1-14(2)5-4-6-15(3)22-18(20)21-13-16-7-9-17(10-8-16)23-11-12-25-19(23)24/h7-10,14-15H,4-6,11-13H2,1-3H3,(H3,20,21,22). The summed E-state index contributed by atoms with van der Waals surface area (Å²) in [5.41, 5.74) is 7.87. The largest absolute Gasteiger partial charge is 0.447 e. The molecule has 1 unspecified atom stereocenters. The van der Waals surface area contributed by atoms with Crippen LogP contribution in [0.15, 0.2) is 29.3 Å². The van der Waals surface area contributed by atoms with Crippen molar-refractivity contribution >= 4 is 17.7 Å². The fraction of sp³-hybridized carbons (Fsp3) is 0.579. The fourth-order valence-electron chi connectivity index (χ4n) is 2.79. The van der Waals surface area contributed by atoms with Crippen molar-refractivity contribution in [2.24, 2.45) is 16.6 Å². The number of nitrogens with two attached hydrogens (primary N) is 1. The summed E-state index contributed by atoms with van der Waals surface area (Å²) < 4.78 is 4.95. The van der Waals surface area contributed by atoms with Gasteiger partial charge in [0.1, 0.15) is 6.61 Å². The second-order valence-corrected chi connectivity index (χ2v) is 7.00. The molecule has 1 amide bonds. The van der Waals surface area contributed by atoms with Crippen LogP contribution < -0.4 is 16.0 Å². The minimum Gasteiger partial charge on any atom is -0.447 e. The van der Waals surface area contributed by atoms with Crippen LogP contribution in [0, 0.1) is 5.92 Å². The Kier molecular flexibility index (Phi) is 7.10. The van der Waals surface area contributed by atoms with Gasteiger partial charge in [0.25, 0.3) is 0 Å². The molecule has 1 aromatic rings. The van der Waals surface area contributed by atoms with Crippen LogP contribution in [0.3, 0.4) is 0 Å². The third kappa shape index (κ3) is 6.29. The predicted molar refractivity (Wildman–Crippen MR) is 102 cm³/mol. The SMILES string of the molecule is CC(C)CCCC(C)NC(N)=NCc1ccc(N2CCOC2=O)cc1. The number of benzene rings is 1. The molecule has 0 bridgehead atoms. The van der Waals surface area contributed by atoms with Crippen molar-refractivity contribution < 1.29 is 9.53 Å². The van der Waals surface area contributed by atoms with Crippen LogP contribution in [-0.4, -0.2) is 31.2 Å². The molecule has 0 radical (unpaired) electrons. The normalized spacial score (nSPS) is 16.2. The fourth-order valence-corrected chi connectivity index (χ4v) is 2.79. The summed E-state index contributed by atoms with van der Waals surface area (Å²) in [4.78, 5) is 17.6. The maximum absolute atomic E-state index is 11.5. The zero-order valence-electron chi connectivity index (χ0n) is 15.5. The number of ether oxygens (including phenoxy) is 1. The molecule has 1 atom stereocenters. The lowest BCUT2D eigenvalue weighted by Crippen LogP contribution is -2.38. The Morgan fingerprint density at radius 3 is 2.60 bits per heavy atom. The molecule has 138 valence electrons. The second kappa shape index (κ2) is 9.30. The maximum atomic E-state index is 11.5. The molecule has 2 rings (SSSR count). The summed E-state index contributed by atoms with van der Waals surface area (Å²) in [5, 5.41) is 3.24. The molecule has 1 fully saturated rings. The van der Waals surface area contributed by atoms with Crippen molar-refractivity contribution in [1.82, 2.24) is 5.32 Å². The number of nitrogens with one attached hydrogen (secondary N) is 1. The number of cyclic esters (lactones) is 1. The number of anilines is 1. The lowest BCUT2D eigenvalue weighted by atomic mass is 10.0. The molecule has 0 aliphatic carbocycles. The molecular weight excluding hydrogens is 316 g/mol. The predicted octanol–water partition coefficient (Wildman–Crippen LogP) is 3.26. The highest BCUT2D eigenvalue weighted by Crippen LogP contribution is 2.19. The maximum Gasteiger partial charge on any atom is 0.414 e. The zero-order valence-corrected chi connectivity index (χ0v) is 15.5. The Hall–Kier alpha value is -2.24. The summed E-state index contributed by atoms with van der Waals surface area (Å²) in [7, 11) is 0. The Balaban J connectivity index is 1.79. The molecule has 25 heavy (non-hydrogen) atoms. The highest BCUT2D eigenvalue weighted by atomic mass is 16.6. The Morgan fingerprint density at radius 1 is 1.28 bits per heavy atom. The van der Waals surface area contributed by atoms with Gasteiger partial charge in [-0.2, -0.15) is 0 Å². The number of amides is 1. The van der Waals surface area contributed by atoms with Gasteiger partial charge < -0.3 is 15.8 Å². The number of rotatable bonds is 8. The molecule has 0 spiro atoms. The molecule has 0 saturated carbocycles. The molecular formula is C19H30N4O2. The Morgan fingerprint density at radius 2 is 2.00 bits per heavy atom. The van der Waals surface area contributed by atoms with Crippen molar-refractivity contribution in [1.29, 1.82) is 0 Å². The van der Waals surface area contributed by atoms with Gasteiger partial charge in [-0.1, -0.05) is 38.8 Å². The summed E-state index contributed by atoms with van der Waals surface area (Å²) in [6.07, 6.45) is 3.24. The molecule has 6 nitrogen and oxygen atoms in total. The minimum absolute atomic E-state index is 0.286. The molecule has 1 saturated heterocycles. The van der Waals surface area contributed by atoms with E-state index in [1.54, 1.807) is 4.90 Å². The third-order valence-electron chi connectivity index (χ3n) is 4.25. The van der Waals surface area contributed by atoms with Gasteiger partial charge in [-0.25, -0.2) is 9.79 Å². The van der Waals surface area contributed by atoms with Crippen LogP contribution in [0.1, 0.15) is 45.6 Å². The first-order valence-corrected chi connectivity index (χ1v) is 9.05. The van der Waals surface area contributed by atoms with E-state index in [-0.39, 0.29) is 6.09 Å². The second-order valence-electron chi connectivity index (χ2n) is 7.00. The van der Waals surface area contributed by atoms with Crippen LogP contribution in [0.2, 0.25) is 0 Å². The van der Waals surface area contributed by atoms with Gasteiger partial charge in [0.15, 0.2) is 5.96 Å². The van der Waals surface area contributed by atoms with E-state index >= 15 is 0 Å². The van der Waals surface area contributed by atoms with E-state index in [0.717, 1.165) is 23.6 Å². The van der Waals surface area contributed by atoms with Crippen molar-refractivity contribution in [2.75, 3.05) is 18.1 Å². The molecule has 1 aromatic carbocycles. The topological polar surface area (TPSA) is 79.9 Å². The first kappa shape index (κ1) is 19.1. The smallest absolute Gasteiger partial charge is 0.414 e. The monoisotopic (exact) mass is 346 g/mol. The van der Waals surface area contributed by atoms with Crippen molar-refractivity contribution in [2.45, 2.75) is 52.6 Å². The summed E-state index contributed by atoms with van der Waals surface area (Å²) in [6, 6.07) is 8.07. The molecule has 1 heterocycles. The molecule has 0 aromatic heterocycles. The lowest BCUT2D eigenvalue weighted by molar-refractivity contribution is 0.181. The first-order valence-electron chi connectivity index (χ1n) is 9.05. The van der Waals surface area contributed by atoms with Gasteiger partial charge in [0, 0.05) is 11.7 Å². The highest BCUT2D eigenvalue weighted by molar-refractivity contribution is 5.89. The summed E-state index contributed by atoms with van der Waals surface area (Å²) in [5.74, 6) is 1.22. The van der Waals surface area contributed by atoms with E-state index in [9.17, 15) is 4.79 Å². The lowest BCUT2D eigenvalue weighted by Gasteiger charge is -2.15. The van der Waals surface area contributed by atoms with E-state index < -0.39 is 0 Å². The number of hydrogen-bond donors (Lipinski definition) is 2. The molecule has 1 aliphatic heterocycles. The van der Waals surface area contributed by atoms with E-state index in [1.165, 1.54) is 12.8 Å².